The Morgan fingerprint density at radius 3 is 2.60 bits per heavy atom. The molecular weight excluding hydrogens is 136 g/mol. The summed E-state index contributed by atoms with van der Waals surface area (Å²) in [5.41, 5.74) is 0. The predicted octanol–water partition coefficient (Wildman–Crippen LogP) is -0.264. The van der Waals surface area contributed by atoms with Gasteiger partial charge in [0.25, 0.3) is 0 Å². The summed E-state index contributed by atoms with van der Waals surface area (Å²) < 4.78 is 4.67. The van der Waals surface area contributed by atoms with Gasteiger partial charge in [0.1, 0.15) is 12.7 Å². The van der Waals surface area contributed by atoms with E-state index in [1.807, 2.05) is 0 Å². The maximum Gasteiger partial charge on any atom is 0.202 e. The molecule has 0 spiro atoms. The fourth-order valence-corrected chi connectivity index (χ4v) is 0.748. The van der Waals surface area contributed by atoms with Gasteiger partial charge in [0, 0.05) is 6.92 Å². The molecule has 0 radical (unpaired) electrons. The van der Waals surface area contributed by atoms with Crippen LogP contribution in [0.3, 0.4) is 0 Å². The highest BCUT2D eigenvalue weighted by Gasteiger charge is 2.27. The fourth-order valence-electron chi connectivity index (χ4n) is 0.748. The van der Waals surface area contributed by atoms with E-state index < -0.39 is 6.10 Å². The largest absolute Gasteiger partial charge is 0.506 e. The van der Waals surface area contributed by atoms with E-state index in [2.05, 4.69) is 4.74 Å². The summed E-state index contributed by atoms with van der Waals surface area (Å²) in [6, 6.07) is 0. The first-order chi connectivity index (χ1) is 4.63. The van der Waals surface area contributed by atoms with Crippen molar-refractivity contribution in [1.29, 1.82) is 0 Å². The molecule has 1 unspecified atom stereocenters. The third kappa shape index (κ3) is 0.974. The Bertz CT molecular complexity index is 194. The molecule has 0 bridgehead atoms. The topological polar surface area (TPSA) is 66.8 Å². The Hall–Kier alpha value is -1.03. The molecule has 56 valence electrons. The van der Waals surface area contributed by atoms with Gasteiger partial charge in [-0.05, 0) is 0 Å². The third-order valence-electron chi connectivity index (χ3n) is 1.25. The number of hydrogen-bond donors (Lipinski definition) is 2. The molecule has 1 rings (SSSR count). The van der Waals surface area contributed by atoms with Crippen LogP contribution in [0.2, 0.25) is 0 Å². The van der Waals surface area contributed by atoms with E-state index in [-0.39, 0.29) is 23.9 Å². The van der Waals surface area contributed by atoms with Crippen molar-refractivity contribution < 1.29 is 19.7 Å². The van der Waals surface area contributed by atoms with Crippen LogP contribution < -0.4 is 0 Å². The third-order valence-corrected chi connectivity index (χ3v) is 1.25. The lowest BCUT2D eigenvalue weighted by Crippen LogP contribution is -2.09. The average molecular weight is 144 g/mol. The molecule has 0 aromatic carbocycles. The fraction of sp³-hybridized carbons (Fsp3) is 0.500. The van der Waals surface area contributed by atoms with Gasteiger partial charge in [-0.1, -0.05) is 0 Å². The lowest BCUT2D eigenvalue weighted by molar-refractivity contribution is -0.116. The van der Waals surface area contributed by atoms with E-state index in [9.17, 15) is 4.79 Å². The molecule has 0 aliphatic carbocycles. The van der Waals surface area contributed by atoms with Gasteiger partial charge in [0.05, 0.1) is 0 Å². The summed E-state index contributed by atoms with van der Waals surface area (Å²) in [5.74, 6) is -0.839. The van der Waals surface area contributed by atoms with Crippen molar-refractivity contribution in [1.82, 2.24) is 0 Å². The van der Waals surface area contributed by atoms with Crippen molar-refractivity contribution >= 4 is 5.78 Å². The van der Waals surface area contributed by atoms with Crippen molar-refractivity contribution in [3.63, 3.8) is 0 Å². The molecule has 1 atom stereocenters. The summed E-state index contributed by atoms with van der Waals surface area (Å²) in [4.78, 5) is 10.5. The quantitative estimate of drug-likeness (QED) is 0.532. The first-order valence-corrected chi connectivity index (χ1v) is 2.88. The van der Waals surface area contributed by atoms with Gasteiger partial charge in [-0.15, -0.1) is 0 Å². The summed E-state index contributed by atoms with van der Waals surface area (Å²) in [6.07, 6.45) is -1.03. The number of carbonyl (C=O) groups excluding carboxylic acids is 1. The number of aliphatic hydroxyl groups excluding tert-OH is 2. The molecule has 4 heteroatoms. The van der Waals surface area contributed by atoms with E-state index in [0.29, 0.717) is 0 Å². The van der Waals surface area contributed by atoms with Gasteiger partial charge >= 0.3 is 0 Å². The van der Waals surface area contributed by atoms with Crippen LogP contribution in [-0.2, 0) is 9.53 Å². The van der Waals surface area contributed by atoms with Crippen LogP contribution in [-0.4, -0.2) is 28.7 Å². The van der Waals surface area contributed by atoms with Crippen molar-refractivity contribution in [2.24, 2.45) is 0 Å². The van der Waals surface area contributed by atoms with E-state index in [4.69, 9.17) is 10.2 Å². The second-order valence-electron chi connectivity index (χ2n) is 2.10. The second kappa shape index (κ2) is 2.30. The number of ether oxygens (including phenoxy) is 1. The highest BCUT2D eigenvalue weighted by Crippen LogP contribution is 2.17. The monoisotopic (exact) mass is 144 g/mol. The summed E-state index contributed by atoms with van der Waals surface area (Å²) in [5, 5.41) is 17.7. The van der Waals surface area contributed by atoms with Crippen LogP contribution in [0.15, 0.2) is 11.5 Å². The van der Waals surface area contributed by atoms with Crippen LogP contribution in [0.25, 0.3) is 0 Å². The predicted molar refractivity (Wildman–Crippen MR) is 32.3 cm³/mol. The molecule has 10 heavy (non-hydrogen) atoms. The zero-order valence-electron chi connectivity index (χ0n) is 5.50. The maximum atomic E-state index is 10.5. The van der Waals surface area contributed by atoms with Crippen LogP contribution in [0.1, 0.15) is 6.92 Å². The van der Waals surface area contributed by atoms with Gasteiger partial charge in [0.2, 0.25) is 5.76 Å². The lowest BCUT2D eigenvalue weighted by atomic mass is 10.3. The summed E-state index contributed by atoms with van der Waals surface area (Å²) in [6.45, 7) is 1.24. The van der Waals surface area contributed by atoms with Crippen molar-refractivity contribution in [2.75, 3.05) is 6.61 Å². The molecule has 0 amide bonds. The number of ketones is 1. The molecule has 0 aromatic heterocycles. The molecule has 0 aromatic rings. The van der Waals surface area contributed by atoms with Crippen molar-refractivity contribution in [3.8, 4) is 0 Å². The normalized spacial score (nSPS) is 24.8. The first-order valence-electron chi connectivity index (χ1n) is 2.88. The van der Waals surface area contributed by atoms with Crippen molar-refractivity contribution in [2.45, 2.75) is 13.0 Å². The van der Waals surface area contributed by atoms with Gasteiger partial charge in [-0.3, -0.25) is 4.79 Å². The Balaban J connectivity index is 2.85. The van der Waals surface area contributed by atoms with Gasteiger partial charge in [-0.2, -0.15) is 0 Å². The summed E-state index contributed by atoms with van der Waals surface area (Å²) >= 11 is 0. The SMILES string of the molecule is CC(=O)C1=C(O)C(O)CO1. The number of rotatable bonds is 1. The minimum absolute atomic E-state index is 0.0270. The smallest absolute Gasteiger partial charge is 0.202 e. The molecule has 2 N–H and O–H groups in total. The molecular formula is C6H8O4. The number of Topliss-reactive ketones (excluding diaryl/α,β-unsaturated/α-hetero) is 1. The highest BCUT2D eigenvalue weighted by atomic mass is 16.5. The summed E-state index contributed by atoms with van der Waals surface area (Å²) in [7, 11) is 0. The Morgan fingerprint density at radius 1 is 1.80 bits per heavy atom. The lowest BCUT2D eigenvalue weighted by Gasteiger charge is -1.94. The van der Waals surface area contributed by atoms with E-state index in [1.165, 1.54) is 6.92 Å². The molecule has 0 fully saturated rings. The molecule has 4 nitrogen and oxygen atoms in total. The number of aliphatic hydroxyl groups is 2. The van der Waals surface area contributed by atoms with E-state index >= 15 is 0 Å². The van der Waals surface area contributed by atoms with Crippen LogP contribution in [0.4, 0.5) is 0 Å². The highest BCUT2D eigenvalue weighted by molar-refractivity contribution is 5.92. The number of allylic oxidation sites excluding steroid dienone is 1. The minimum Gasteiger partial charge on any atom is -0.506 e. The second-order valence-corrected chi connectivity index (χ2v) is 2.10. The molecule has 1 heterocycles. The van der Waals surface area contributed by atoms with Gasteiger partial charge in [-0.25, -0.2) is 0 Å². The molecule has 0 saturated heterocycles. The van der Waals surface area contributed by atoms with Gasteiger partial charge in [0.15, 0.2) is 11.5 Å². The Kier molecular flexibility index (Phi) is 1.63. The minimum atomic E-state index is -1.03. The zero-order chi connectivity index (χ0) is 7.72. The number of hydrogen-bond acceptors (Lipinski definition) is 4. The van der Waals surface area contributed by atoms with Crippen LogP contribution in [0, 0.1) is 0 Å². The Morgan fingerprint density at radius 2 is 2.40 bits per heavy atom. The molecule has 1 aliphatic heterocycles. The van der Waals surface area contributed by atoms with E-state index in [0.717, 1.165) is 0 Å². The van der Waals surface area contributed by atoms with Crippen LogP contribution >= 0.6 is 0 Å². The number of carbonyl (C=O) groups is 1. The van der Waals surface area contributed by atoms with Crippen LogP contribution in [0.5, 0.6) is 0 Å². The Labute approximate surface area is 57.7 Å². The standard InChI is InChI=1S/C6H8O4/c1-3(7)6-5(9)4(8)2-10-6/h4,8-9H,2H2,1H3. The van der Waals surface area contributed by atoms with Gasteiger partial charge < -0.3 is 14.9 Å². The van der Waals surface area contributed by atoms with E-state index in [1.54, 1.807) is 0 Å². The zero-order valence-corrected chi connectivity index (χ0v) is 5.50. The molecule has 0 saturated carbocycles. The first kappa shape index (κ1) is 7.08. The van der Waals surface area contributed by atoms with Crippen molar-refractivity contribution in [3.05, 3.63) is 11.5 Å². The maximum absolute atomic E-state index is 10.5. The molecule has 1 aliphatic rings. The average Bonchev–Trinajstić information content (AvgIpc) is 2.14.